The molecule has 0 radical (unpaired) electrons. The SMILES string of the molecule is Brc1ccc(C=NN2CCN(Cc3ccccc3)CC2)s1. The Kier molecular flexibility index (Phi) is 5.06. The van der Waals surface area contributed by atoms with Crippen LogP contribution in [0.25, 0.3) is 0 Å². The number of hydrogen-bond acceptors (Lipinski definition) is 4. The first-order valence-electron chi connectivity index (χ1n) is 7.10. The smallest absolute Gasteiger partial charge is 0.0705 e. The van der Waals surface area contributed by atoms with E-state index in [-0.39, 0.29) is 0 Å². The average molecular weight is 364 g/mol. The van der Waals surface area contributed by atoms with Crippen LogP contribution in [0.15, 0.2) is 51.4 Å². The van der Waals surface area contributed by atoms with E-state index in [1.807, 2.05) is 6.21 Å². The minimum atomic E-state index is 0.996. The number of benzene rings is 1. The molecule has 3 rings (SSSR count). The van der Waals surface area contributed by atoms with E-state index < -0.39 is 0 Å². The summed E-state index contributed by atoms with van der Waals surface area (Å²) in [5, 5.41) is 6.74. The van der Waals surface area contributed by atoms with Crippen molar-refractivity contribution in [1.29, 1.82) is 0 Å². The van der Waals surface area contributed by atoms with Gasteiger partial charge in [0.1, 0.15) is 0 Å². The molecule has 0 atom stereocenters. The molecular formula is C16H18BrN3S. The standard InChI is InChI=1S/C16H18BrN3S/c17-16-7-6-15(21-16)12-18-20-10-8-19(9-11-20)13-14-4-2-1-3-5-14/h1-7,12H,8-11,13H2. The zero-order chi connectivity index (χ0) is 14.5. The molecule has 0 spiro atoms. The third kappa shape index (κ3) is 4.40. The highest BCUT2D eigenvalue weighted by molar-refractivity contribution is 9.11. The van der Waals surface area contributed by atoms with E-state index in [0.717, 1.165) is 36.5 Å². The van der Waals surface area contributed by atoms with Gasteiger partial charge in [0.2, 0.25) is 0 Å². The van der Waals surface area contributed by atoms with Gasteiger partial charge in [0, 0.05) is 37.6 Å². The van der Waals surface area contributed by atoms with Gasteiger partial charge in [-0.3, -0.25) is 9.91 Å². The molecule has 1 aliphatic rings. The summed E-state index contributed by atoms with van der Waals surface area (Å²) in [7, 11) is 0. The summed E-state index contributed by atoms with van der Waals surface area (Å²) in [6.07, 6.45) is 1.96. The van der Waals surface area contributed by atoms with Crippen molar-refractivity contribution >= 4 is 33.5 Å². The van der Waals surface area contributed by atoms with Gasteiger partial charge in [-0.1, -0.05) is 30.3 Å². The van der Waals surface area contributed by atoms with Gasteiger partial charge >= 0.3 is 0 Å². The fourth-order valence-electron chi connectivity index (χ4n) is 2.39. The van der Waals surface area contributed by atoms with Gasteiger partial charge in [0.05, 0.1) is 10.0 Å². The Morgan fingerprint density at radius 2 is 1.81 bits per heavy atom. The van der Waals surface area contributed by atoms with E-state index in [0.29, 0.717) is 0 Å². The van der Waals surface area contributed by atoms with Gasteiger partial charge in [-0.25, -0.2) is 0 Å². The highest BCUT2D eigenvalue weighted by atomic mass is 79.9. The third-order valence-corrected chi connectivity index (χ3v) is 5.10. The Hall–Kier alpha value is -1.17. The van der Waals surface area contributed by atoms with Gasteiger partial charge < -0.3 is 0 Å². The van der Waals surface area contributed by atoms with E-state index in [1.54, 1.807) is 11.3 Å². The molecule has 21 heavy (non-hydrogen) atoms. The molecule has 3 nitrogen and oxygen atoms in total. The van der Waals surface area contributed by atoms with E-state index >= 15 is 0 Å². The van der Waals surface area contributed by atoms with E-state index in [1.165, 1.54) is 10.4 Å². The molecule has 0 unspecified atom stereocenters. The molecule has 0 saturated carbocycles. The Labute approximate surface area is 138 Å². The second-order valence-corrected chi connectivity index (χ2v) is 7.60. The van der Waals surface area contributed by atoms with Gasteiger partial charge in [0.15, 0.2) is 0 Å². The monoisotopic (exact) mass is 363 g/mol. The maximum absolute atomic E-state index is 4.58. The van der Waals surface area contributed by atoms with Crippen molar-refractivity contribution < 1.29 is 0 Å². The minimum Gasteiger partial charge on any atom is -0.295 e. The van der Waals surface area contributed by atoms with E-state index in [4.69, 9.17) is 0 Å². The van der Waals surface area contributed by atoms with Crippen molar-refractivity contribution in [3.63, 3.8) is 0 Å². The number of piperazine rings is 1. The summed E-state index contributed by atoms with van der Waals surface area (Å²) in [6.45, 7) is 5.17. The first kappa shape index (κ1) is 14.8. The molecule has 0 amide bonds. The third-order valence-electron chi connectivity index (χ3n) is 3.54. The van der Waals surface area contributed by atoms with Crippen LogP contribution in [0.2, 0.25) is 0 Å². The molecule has 2 aromatic rings. The molecular weight excluding hydrogens is 346 g/mol. The lowest BCUT2D eigenvalue weighted by Crippen LogP contribution is -2.43. The zero-order valence-electron chi connectivity index (χ0n) is 11.8. The predicted octanol–water partition coefficient (Wildman–Crippen LogP) is 3.66. The normalized spacial score (nSPS) is 16.7. The summed E-state index contributed by atoms with van der Waals surface area (Å²) < 4.78 is 1.15. The van der Waals surface area contributed by atoms with Crippen LogP contribution >= 0.6 is 27.3 Å². The lowest BCUT2D eigenvalue weighted by molar-refractivity contribution is 0.131. The zero-order valence-corrected chi connectivity index (χ0v) is 14.2. The van der Waals surface area contributed by atoms with Crippen LogP contribution in [-0.2, 0) is 6.54 Å². The first-order chi connectivity index (χ1) is 10.3. The van der Waals surface area contributed by atoms with Gasteiger partial charge in [-0.15, -0.1) is 11.3 Å². The molecule has 0 bridgehead atoms. The Morgan fingerprint density at radius 1 is 1.05 bits per heavy atom. The Bertz CT molecular complexity index is 589. The molecule has 1 saturated heterocycles. The van der Waals surface area contributed by atoms with Crippen LogP contribution in [0.5, 0.6) is 0 Å². The molecule has 1 aliphatic heterocycles. The summed E-state index contributed by atoms with van der Waals surface area (Å²) >= 11 is 5.18. The maximum Gasteiger partial charge on any atom is 0.0705 e. The summed E-state index contributed by atoms with van der Waals surface area (Å²) in [6, 6.07) is 14.8. The fraction of sp³-hybridized carbons (Fsp3) is 0.312. The number of hydrazone groups is 1. The molecule has 5 heteroatoms. The number of halogens is 1. The highest BCUT2D eigenvalue weighted by Gasteiger charge is 2.15. The summed E-state index contributed by atoms with van der Waals surface area (Å²) in [5.41, 5.74) is 1.39. The van der Waals surface area contributed by atoms with Gasteiger partial charge in [0.25, 0.3) is 0 Å². The van der Waals surface area contributed by atoms with Gasteiger partial charge in [-0.2, -0.15) is 5.10 Å². The van der Waals surface area contributed by atoms with Crippen LogP contribution in [-0.4, -0.2) is 42.3 Å². The van der Waals surface area contributed by atoms with Crippen molar-refractivity contribution in [2.24, 2.45) is 5.10 Å². The van der Waals surface area contributed by atoms with Crippen LogP contribution in [0, 0.1) is 0 Å². The van der Waals surface area contributed by atoms with Crippen LogP contribution in [0.4, 0.5) is 0 Å². The fourth-order valence-corrected chi connectivity index (χ4v) is 3.68. The Balaban J connectivity index is 1.48. The second-order valence-electron chi connectivity index (χ2n) is 5.10. The molecule has 0 aliphatic carbocycles. The molecule has 110 valence electrons. The van der Waals surface area contributed by atoms with Crippen LogP contribution in [0.3, 0.4) is 0 Å². The molecule has 0 N–H and O–H groups in total. The number of thiophene rings is 1. The largest absolute Gasteiger partial charge is 0.295 e. The number of rotatable bonds is 4. The van der Waals surface area contributed by atoms with Crippen molar-refractivity contribution in [2.75, 3.05) is 26.2 Å². The quantitative estimate of drug-likeness (QED) is 0.771. The maximum atomic E-state index is 4.58. The molecule has 2 heterocycles. The summed E-state index contributed by atoms with van der Waals surface area (Å²) in [4.78, 5) is 3.68. The number of nitrogens with zero attached hydrogens (tertiary/aromatic N) is 3. The second kappa shape index (κ2) is 7.20. The average Bonchev–Trinajstić information content (AvgIpc) is 2.93. The van der Waals surface area contributed by atoms with Crippen LogP contribution in [0.1, 0.15) is 10.4 Å². The number of hydrogen-bond donors (Lipinski definition) is 0. The van der Waals surface area contributed by atoms with Crippen molar-refractivity contribution in [3.8, 4) is 0 Å². The minimum absolute atomic E-state index is 0.996. The first-order valence-corrected chi connectivity index (χ1v) is 8.71. The molecule has 1 aromatic carbocycles. The van der Waals surface area contributed by atoms with E-state index in [2.05, 4.69) is 73.4 Å². The van der Waals surface area contributed by atoms with Crippen molar-refractivity contribution in [3.05, 3.63) is 56.7 Å². The highest BCUT2D eigenvalue weighted by Crippen LogP contribution is 2.20. The summed E-state index contributed by atoms with van der Waals surface area (Å²) in [5.74, 6) is 0. The van der Waals surface area contributed by atoms with Crippen molar-refractivity contribution in [2.45, 2.75) is 6.54 Å². The molecule has 1 aromatic heterocycles. The Morgan fingerprint density at radius 3 is 2.48 bits per heavy atom. The van der Waals surface area contributed by atoms with Crippen molar-refractivity contribution in [1.82, 2.24) is 9.91 Å². The lowest BCUT2D eigenvalue weighted by Gasteiger charge is -2.33. The predicted molar refractivity (Wildman–Crippen MR) is 92.9 cm³/mol. The molecule has 1 fully saturated rings. The topological polar surface area (TPSA) is 18.8 Å². The van der Waals surface area contributed by atoms with Gasteiger partial charge in [-0.05, 0) is 33.6 Å². The van der Waals surface area contributed by atoms with Crippen LogP contribution < -0.4 is 0 Å². The lowest BCUT2D eigenvalue weighted by atomic mass is 10.2. The van der Waals surface area contributed by atoms with E-state index in [9.17, 15) is 0 Å².